The van der Waals surface area contributed by atoms with Crippen LogP contribution in [-0.4, -0.2) is 26.4 Å². The fourth-order valence-electron chi connectivity index (χ4n) is 1.21. The summed E-state index contributed by atoms with van der Waals surface area (Å²) < 4.78 is 1.50. The van der Waals surface area contributed by atoms with Crippen molar-refractivity contribution in [3.63, 3.8) is 0 Å². The molecule has 0 aromatic heterocycles. The second-order valence-corrected chi connectivity index (χ2v) is 8.68. The first-order chi connectivity index (χ1) is 6.38. The van der Waals surface area contributed by atoms with Crippen LogP contribution in [-0.2, 0) is 0 Å². The topological polar surface area (TPSA) is 0 Å². The van der Waals surface area contributed by atoms with Gasteiger partial charge in [-0.2, -0.15) is 0 Å². The van der Waals surface area contributed by atoms with Crippen LogP contribution in [0, 0.1) is 0 Å². The molecule has 0 saturated heterocycles. The minimum atomic E-state index is -0.925. The summed E-state index contributed by atoms with van der Waals surface area (Å²) in [6, 6.07) is 10.7. The third-order valence-electron chi connectivity index (χ3n) is 1.83. The number of rotatable bonds is 5. The zero-order chi connectivity index (χ0) is 9.52. The van der Waals surface area contributed by atoms with Crippen LogP contribution in [0.15, 0.2) is 30.3 Å². The van der Waals surface area contributed by atoms with Gasteiger partial charge in [0.25, 0.3) is 0 Å². The van der Waals surface area contributed by atoms with Crippen LogP contribution in [0.3, 0.4) is 0 Å². The Morgan fingerprint density at radius 1 is 0.923 bits per heavy atom. The van der Waals surface area contributed by atoms with E-state index in [1.165, 1.54) is 4.35 Å². The predicted octanol–water partition coefficient (Wildman–Crippen LogP) is 2.87. The molecule has 72 valence electrons. The molecule has 0 radical (unpaired) electrons. The molecule has 0 N–H and O–H groups in total. The zero-order valence-electron chi connectivity index (χ0n) is 7.42. The normalized spacial score (nSPS) is 10.7. The molecule has 0 fully saturated rings. The van der Waals surface area contributed by atoms with Gasteiger partial charge in [0.15, 0.2) is 0 Å². The molecule has 0 aliphatic heterocycles. The molecular formula is C10H13AsCl2. The molecule has 1 rings (SSSR count). The van der Waals surface area contributed by atoms with Gasteiger partial charge in [-0.15, -0.1) is 0 Å². The van der Waals surface area contributed by atoms with Gasteiger partial charge in [0.2, 0.25) is 0 Å². The van der Waals surface area contributed by atoms with Crippen molar-refractivity contribution in [1.29, 1.82) is 0 Å². The quantitative estimate of drug-likeness (QED) is 0.574. The van der Waals surface area contributed by atoms with Crippen molar-refractivity contribution in [1.82, 2.24) is 0 Å². The van der Waals surface area contributed by atoms with E-state index in [4.69, 9.17) is 23.2 Å². The van der Waals surface area contributed by atoms with Gasteiger partial charge in [0, 0.05) is 0 Å². The molecule has 3 heteroatoms. The summed E-state index contributed by atoms with van der Waals surface area (Å²) in [6.07, 6.45) is 0. The SMILES string of the molecule is ClCC[As](CCCl)c1ccccc1. The number of hydrogen-bond donors (Lipinski definition) is 0. The van der Waals surface area contributed by atoms with Gasteiger partial charge >= 0.3 is 94.7 Å². The average Bonchev–Trinajstić information content (AvgIpc) is 2.19. The number of benzene rings is 1. The van der Waals surface area contributed by atoms with Crippen LogP contribution < -0.4 is 4.35 Å². The van der Waals surface area contributed by atoms with Crippen molar-refractivity contribution in [3.8, 4) is 0 Å². The molecule has 0 atom stereocenters. The van der Waals surface area contributed by atoms with Gasteiger partial charge in [-0.05, 0) is 0 Å². The molecule has 0 saturated carbocycles. The van der Waals surface area contributed by atoms with Crippen molar-refractivity contribution in [2.75, 3.05) is 11.8 Å². The van der Waals surface area contributed by atoms with E-state index in [-0.39, 0.29) is 0 Å². The molecule has 0 amide bonds. The molecule has 0 heterocycles. The molecule has 0 aliphatic rings. The second kappa shape index (κ2) is 6.76. The van der Waals surface area contributed by atoms with Gasteiger partial charge in [-0.25, -0.2) is 0 Å². The molecule has 0 nitrogen and oxygen atoms in total. The Morgan fingerprint density at radius 3 is 1.92 bits per heavy atom. The van der Waals surface area contributed by atoms with E-state index < -0.39 is 14.7 Å². The standard InChI is InChI=1S/C10H13AsCl2/c12-8-6-11(7-9-13)10-4-2-1-3-5-10/h1-5H,6-9H2. The van der Waals surface area contributed by atoms with Crippen LogP contribution in [0.2, 0.25) is 10.4 Å². The summed E-state index contributed by atoms with van der Waals surface area (Å²) in [5, 5.41) is 2.32. The Kier molecular flexibility index (Phi) is 5.94. The van der Waals surface area contributed by atoms with E-state index in [1.807, 2.05) is 0 Å². The Balaban J connectivity index is 2.64. The summed E-state index contributed by atoms with van der Waals surface area (Å²) in [5.74, 6) is 1.54. The Bertz CT molecular complexity index is 220. The molecule has 0 aliphatic carbocycles. The first kappa shape index (κ1) is 11.4. The molecule has 0 bridgehead atoms. The van der Waals surface area contributed by atoms with Gasteiger partial charge < -0.3 is 0 Å². The maximum absolute atomic E-state index is 5.78. The first-order valence-electron chi connectivity index (χ1n) is 4.30. The van der Waals surface area contributed by atoms with E-state index in [9.17, 15) is 0 Å². The van der Waals surface area contributed by atoms with Crippen LogP contribution in [0.4, 0.5) is 0 Å². The summed E-state index contributed by atoms with van der Waals surface area (Å²) >= 11 is 10.6. The number of alkyl halides is 2. The predicted molar refractivity (Wildman–Crippen MR) is 62.9 cm³/mol. The molecule has 1 aromatic carbocycles. The molecule has 0 unspecified atom stereocenters. The van der Waals surface area contributed by atoms with Crippen molar-refractivity contribution >= 4 is 42.2 Å². The van der Waals surface area contributed by atoms with Crippen LogP contribution in [0.1, 0.15) is 0 Å². The van der Waals surface area contributed by atoms with Crippen molar-refractivity contribution in [2.24, 2.45) is 0 Å². The number of hydrogen-bond acceptors (Lipinski definition) is 0. The van der Waals surface area contributed by atoms with Gasteiger partial charge in [-0.3, -0.25) is 0 Å². The molecule has 13 heavy (non-hydrogen) atoms. The van der Waals surface area contributed by atoms with E-state index in [2.05, 4.69) is 30.3 Å². The number of halogens is 2. The molecular weight excluding hydrogens is 266 g/mol. The average molecular weight is 279 g/mol. The second-order valence-electron chi connectivity index (χ2n) is 2.70. The monoisotopic (exact) mass is 278 g/mol. The van der Waals surface area contributed by atoms with Crippen LogP contribution in [0.5, 0.6) is 0 Å². The Labute approximate surface area is 94.5 Å². The summed E-state index contributed by atoms with van der Waals surface area (Å²) in [7, 11) is 0. The Hall–Kier alpha value is 0.358. The van der Waals surface area contributed by atoms with Crippen molar-refractivity contribution < 1.29 is 0 Å². The minimum absolute atomic E-state index is 0.770. The van der Waals surface area contributed by atoms with E-state index in [0.717, 1.165) is 22.2 Å². The van der Waals surface area contributed by atoms with E-state index >= 15 is 0 Å². The van der Waals surface area contributed by atoms with Crippen molar-refractivity contribution in [2.45, 2.75) is 10.4 Å². The third-order valence-corrected chi connectivity index (χ3v) is 8.72. The van der Waals surface area contributed by atoms with Crippen LogP contribution in [0.25, 0.3) is 0 Å². The Morgan fingerprint density at radius 2 is 1.46 bits per heavy atom. The van der Waals surface area contributed by atoms with E-state index in [1.54, 1.807) is 0 Å². The maximum atomic E-state index is 5.78. The molecule has 1 aromatic rings. The molecule has 0 spiro atoms. The summed E-state index contributed by atoms with van der Waals surface area (Å²) in [6.45, 7) is 0. The summed E-state index contributed by atoms with van der Waals surface area (Å²) in [4.78, 5) is 0. The zero-order valence-corrected chi connectivity index (χ0v) is 10.8. The fourth-order valence-corrected chi connectivity index (χ4v) is 6.99. The van der Waals surface area contributed by atoms with Gasteiger partial charge in [0.05, 0.1) is 0 Å². The van der Waals surface area contributed by atoms with Crippen LogP contribution >= 0.6 is 23.2 Å². The fraction of sp³-hybridized carbons (Fsp3) is 0.400. The van der Waals surface area contributed by atoms with Gasteiger partial charge in [-0.1, -0.05) is 0 Å². The van der Waals surface area contributed by atoms with E-state index in [0.29, 0.717) is 0 Å². The van der Waals surface area contributed by atoms with Crippen molar-refractivity contribution in [3.05, 3.63) is 30.3 Å². The van der Waals surface area contributed by atoms with Gasteiger partial charge in [0.1, 0.15) is 0 Å². The summed E-state index contributed by atoms with van der Waals surface area (Å²) in [5.41, 5.74) is 0. The third kappa shape index (κ3) is 3.93. The first-order valence-corrected chi connectivity index (χ1v) is 8.96.